The van der Waals surface area contributed by atoms with Crippen LogP contribution in [-0.2, 0) is 9.59 Å². The Morgan fingerprint density at radius 1 is 1.46 bits per heavy atom. The van der Waals surface area contributed by atoms with Crippen LogP contribution >= 0.6 is 0 Å². The van der Waals surface area contributed by atoms with Gasteiger partial charge in [-0.15, -0.1) is 0 Å². The summed E-state index contributed by atoms with van der Waals surface area (Å²) in [7, 11) is 2.04. The lowest BCUT2D eigenvalue weighted by Gasteiger charge is -2.27. The number of likely N-dealkylation sites (tertiary alicyclic amines) is 1. The van der Waals surface area contributed by atoms with Crippen LogP contribution in [0.25, 0.3) is 0 Å². The lowest BCUT2D eigenvalue weighted by molar-refractivity contribution is -0.129. The normalized spacial score (nSPS) is 19.5. The fourth-order valence-corrected chi connectivity index (χ4v) is 1.47. The topological polar surface area (TPSA) is 61.4 Å². The summed E-state index contributed by atoms with van der Waals surface area (Å²) in [4.78, 5) is 23.4. The van der Waals surface area contributed by atoms with Crippen molar-refractivity contribution in [3.8, 4) is 0 Å². The van der Waals surface area contributed by atoms with Gasteiger partial charge in [0.1, 0.15) is 0 Å². The van der Waals surface area contributed by atoms with Crippen LogP contribution in [0.1, 0.15) is 12.8 Å². The molecule has 0 atom stereocenters. The van der Waals surface area contributed by atoms with Crippen molar-refractivity contribution in [3.05, 3.63) is 0 Å². The van der Waals surface area contributed by atoms with E-state index in [0.717, 1.165) is 25.9 Å². The fourth-order valence-electron chi connectivity index (χ4n) is 1.47. The second-order valence-corrected chi connectivity index (χ2v) is 3.33. The first-order valence-corrected chi connectivity index (χ1v) is 4.41. The SMILES string of the molecule is CN1CCC(C(=O)NNC=O)CC1. The van der Waals surface area contributed by atoms with Gasteiger partial charge in [0.15, 0.2) is 0 Å². The molecule has 1 aliphatic rings. The van der Waals surface area contributed by atoms with E-state index in [-0.39, 0.29) is 11.8 Å². The van der Waals surface area contributed by atoms with Crippen LogP contribution in [0, 0.1) is 5.92 Å². The molecule has 1 rings (SSSR count). The highest BCUT2D eigenvalue weighted by Crippen LogP contribution is 2.15. The summed E-state index contributed by atoms with van der Waals surface area (Å²) in [5.41, 5.74) is 4.50. The van der Waals surface area contributed by atoms with Gasteiger partial charge in [-0.2, -0.15) is 0 Å². The molecule has 2 N–H and O–H groups in total. The number of carbonyl (C=O) groups excluding carboxylic acids is 2. The van der Waals surface area contributed by atoms with Crippen molar-refractivity contribution in [2.75, 3.05) is 20.1 Å². The molecule has 13 heavy (non-hydrogen) atoms. The van der Waals surface area contributed by atoms with Gasteiger partial charge in [-0.3, -0.25) is 20.4 Å². The second-order valence-electron chi connectivity index (χ2n) is 3.33. The van der Waals surface area contributed by atoms with Crippen LogP contribution in [0.3, 0.4) is 0 Å². The molecule has 0 aromatic carbocycles. The molecule has 2 amide bonds. The molecule has 74 valence electrons. The van der Waals surface area contributed by atoms with Crippen LogP contribution in [0.15, 0.2) is 0 Å². The smallest absolute Gasteiger partial charge is 0.241 e. The summed E-state index contributed by atoms with van der Waals surface area (Å²) in [5, 5.41) is 0. The van der Waals surface area contributed by atoms with Crippen molar-refractivity contribution in [2.24, 2.45) is 5.92 Å². The predicted molar refractivity (Wildman–Crippen MR) is 47.6 cm³/mol. The highest BCUT2D eigenvalue weighted by molar-refractivity contribution is 5.79. The maximum atomic E-state index is 11.3. The van der Waals surface area contributed by atoms with Gasteiger partial charge in [-0.25, -0.2) is 0 Å². The first kappa shape index (κ1) is 9.98. The van der Waals surface area contributed by atoms with Gasteiger partial charge in [0, 0.05) is 5.92 Å². The molecule has 1 saturated heterocycles. The Hall–Kier alpha value is -1.10. The van der Waals surface area contributed by atoms with E-state index in [4.69, 9.17) is 0 Å². The Balaban J connectivity index is 2.27. The van der Waals surface area contributed by atoms with Crippen LogP contribution in [-0.4, -0.2) is 37.4 Å². The van der Waals surface area contributed by atoms with Crippen LogP contribution in [0.5, 0.6) is 0 Å². The third-order valence-corrected chi connectivity index (χ3v) is 2.34. The Morgan fingerprint density at radius 2 is 2.08 bits per heavy atom. The summed E-state index contributed by atoms with van der Waals surface area (Å²) in [6, 6.07) is 0. The molecule has 5 nitrogen and oxygen atoms in total. The molecule has 0 spiro atoms. The predicted octanol–water partition coefficient (Wildman–Crippen LogP) is -0.895. The molecule has 0 saturated carbocycles. The number of rotatable bonds is 3. The molecular formula is C8H15N3O2. The van der Waals surface area contributed by atoms with Crippen molar-refractivity contribution in [1.29, 1.82) is 0 Å². The molecule has 0 bridgehead atoms. The molecule has 1 fully saturated rings. The van der Waals surface area contributed by atoms with Gasteiger partial charge in [0.25, 0.3) is 0 Å². The third-order valence-electron chi connectivity index (χ3n) is 2.34. The first-order valence-electron chi connectivity index (χ1n) is 4.41. The number of nitrogens with zero attached hydrogens (tertiary/aromatic N) is 1. The van der Waals surface area contributed by atoms with Crippen LogP contribution < -0.4 is 10.9 Å². The zero-order valence-corrected chi connectivity index (χ0v) is 7.75. The Kier molecular flexibility index (Phi) is 3.70. The quantitative estimate of drug-likeness (QED) is 0.443. The highest BCUT2D eigenvalue weighted by Gasteiger charge is 2.22. The number of piperidine rings is 1. The molecule has 0 unspecified atom stereocenters. The first-order chi connectivity index (χ1) is 6.24. The van der Waals surface area contributed by atoms with E-state index in [1.165, 1.54) is 0 Å². The second kappa shape index (κ2) is 4.81. The minimum Gasteiger partial charge on any atom is -0.306 e. The van der Waals surface area contributed by atoms with Crippen molar-refractivity contribution >= 4 is 12.3 Å². The zero-order valence-electron chi connectivity index (χ0n) is 7.75. The average Bonchev–Trinajstić information content (AvgIpc) is 2.15. The molecule has 1 heterocycles. The van der Waals surface area contributed by atoms with Crippen molar-refractivity contribution in [2.45, 2.75) is 12.8 Å². The molecule has 0 radical (unpaired) electrons. The number of carbonyl (C=O) groups is 2. The van der Waals surface area contributed by atoms with Gasteiger partial charge in [-0.1, -0.05) is 0 Å². The number of nitrogens with one attached hydrogen (secondary N) is 2. The van der Waals surface area contributed by atoms with Gasteiger partial charge in [0.2, 0.25) is 12.3 Å². The summed E-state index contributed by atoms with van der Waals surface area (Å²) >= 11 is 0. The largest absolute Gasteiger partial charge is 0.306 e. The molecule has 5 heteroatoms. The molecule has 0 aromatic heterocycles. The Bertz CT molecular complexity index is 188. The monoisotopic (exact) mass is 185 g/mol. The number of hydrogen-bond acceptors (Lipinski definition) is 3. The Morgan fingerprint density at radius 3 is 2.62 bits per heavy atom. The summed E-state index contributed by atoms with van der Waals surface area (Å²) in [6.45, 7) is 1.89. The van der Waals surface area contributed by atoms with E-state index in [2.05, 4.69) is 15.8 Å². The minimum absolute atomic E-state index is 0.0450. The summed E-state index contributed by atoms with van der Waals surface area (Å²) in [6.07, 6.45) is 2.19. The molecule has 0 aliphatic carbocycles. The third kappa shape index (κ3) is 3.02. The average molecular weight is 185 g/mol. The van der Waals surface area contributed by atoms with Crippen molar-refractivity contribution in [1.82, 2.24) is 15.8 Å². The van der Waals surface area contributed by atoms with Crippen molar-refractivity contribution < 1.29 is 9.59 Å². The molecule has 1 aliphatic heterocycles. The van der Waals surface area contributed by atoms with E-state index in [9.17, 15) is 9.59 Å². The standard InChI is InChI=1S/C8H15N3O2/c1-11-4-2-7(3-5-11)8(13)10-9-6-12/h6-7H,2-5H2,1H3,(H,9,12)(H,10,13). The van der Waals surface area contributed by atoms with E-state index in [1.54, 1.807) is 0 Å². The highest BCUT2D eigenvalue weighted by atomic mass is 16.2. The van der Waals surface area contributed by atoms with E-state index < -0.39 is 0 Å². The number of amides is 2. The van der Waals surface area contributed by atoms with Crippen molar-refractivity contribution in [3.63, 3.8) is 0 Å². The van der Waals surface area contributed by atoms with E-state index >= 15 is 0 Å². The maximum absolute atomic E-state index is 11.3. The van der Waals surface area contributed by atoms with E-state index in [0.29, 0.717) is 6.41 Å². The van der Waals surface area contributed by atoms with Gasteiger partial charge < -0.3 is 4.90 Å². The number of hydrazine groups is 1. The van der Waals surface area contributed by atoms with Crippen LogP contribution in [0.2, 0.25) is 0 Å². The van der Waals surface area contributed by atoms with Gasteiger partial charge >= 0.3 is 0 Å². The summed E-state index contributed by atoms with van der Waals surface area (Å²) < 4.78 is 0. The molecule has 0 aromatic rings. The number of hydrogen-bond donors (Lipinski definition) is 2. The minimum atomic E-state index is -0.0831. The maximum Gasteiger partial charge on any atom is 0.241 e. The zero-order chi connectivity index (χ0) is 9.68. The lowest BCUT2D eigenvalue weighted by Crippen LogP contribution is -2.44. The summed E-state index contributed by atoms with van der Waals surface area (Å²) in [5.74, 6) is -0.0381. The molecular weight excluding hydrogens is 170 g/mol. The van der Waals surface area contributed by atoms with Gasteiger partial charge in [0.05, 0.1) is 0 Å². The Labute approximate surface area is 77.4 Å². The lowest BCUT2D eigenvalue weighted by atomic mass is 9.97. The van der Waals surface area contributed by atoms with Crippen LogP contribution in [0.4, 0.5) is 0 Å². The fraction of sp³-hybridized carbons (Fsp3) is 0.750. The van der Waals surface area contributed by atoms with Gasteiger partial charge in [-0.05, 0) is 33.0 Å². The van der Waals surface area contributed by atoms with E-state index in [1.807, 2.05) is 7.05 Å².